The molecule has 1 heterocycles. The molecule has 88 valence electrons. The van der Waals surface area contributed by atoms with Crippen LogP contribution in [0.2, 0.25) is 0 Å². The van der Waals surface area contributed by atoms with Crippen LogP contribution in [-0.4, -0.2) is 37.1 Å². The van der Waals surface area contributed by atoms with Crippen molar-refractivity contribution < 1.29 is 0 Å². The van der Waals surface area contributed by atoms with E-state index in [9.17, 15) is 0 Å². The van der Waals surface area contributed by atoms with Gasteiger partial charge in [-0.25, -0.2) is 0 Å². The summed E-state index contributed by atoms with van der Waals surface area (Å²) in [5.74, 6) is 0.923. The summed E-state index contributed by atoms with van der Waals surface area (Å²) in [5, 5.41) is 3.48. The minimum absolute atomic E-state index is 0.907. The van der Waals surface area contributed by atoms with E-state index in [1.54, 1.807) is 0 Å². The first kappa shape index (κ1) is 11.4. The highest BCUT2D eigenvalue weighted by Crippen LogP contribution is 2.24. The molecule has 0 aromatic carbocycles. The maximum atomic E-state index is 3.48. The Bertz CT molecular complexity index is 169. The summed E-state index contributed by atoms with van der Waals surface area (Å²) in [4.78, 5) is 2.75. The number of nitrogens with one attached hydrogen (secondary N) is 1. The first-order valence-corrected chi connectivity index (χ1v) is 6.85. The highest BCUT2D eigenvalue weighted by atomic mass is 15.2. The maximum Gasteiger partial charge on any atom is 0.00952 e. The summed E-state index contributed by atoms with van der Waals surface area (Å²) in [6, 6.07) is 0.907. The molecule has 2 heteroatoms. The van der Waals surface area contributed by atoms with Crippen molar-refractivity contribution in [2.45, 2.75) is 51.5 Å². The Morgan fingerprint density at radius 3 is 2.53 bits per heavy atom. The fourth-order valence-corrected chi connectivity index (χ4v) is 3.18. The third-order valence-corrected chi connectivity index (χ3v) is 4.15. The van der Waals surface area contributed by atoms with Crippen LogP contribution in [0.3, 0.4) is 0 Å². The zero-order chi connectivity index (χ0) is 10.5. The molecular formula is C13H26N2. The molecule has 2 aliphatic rings. The van der Waals surface area contributed by atoms with Crippen molar-refractivity contribution in [3.8, 4) is 0 Å². The van der Waals surface area contributed by atoms with Gasteiger partial charge in [-0.15, -0.1) is 0 Å². The van der Waals surface area contributed by atoms with Crippen LogP contribution >= 0.6 is 0 Å². The van der Waals surface area contributed by atoms with Gasteiger partial charge in [0.05, 0.1) is 0 Å². The second-order valence-electron chi connectivity index (χ2n) is 5.24. The molecule has 1 atom stereocenters. The van der Waals surface area contributed by atoms with Crippen molar-refractivity contribution in [2.24, 2.45) is 5.92 Å². The van der Waals surface area contributed by atoms with Gasteiger partial charge in [-0.1, -0.05) is 26.2 Å². The monoisotopic (exact) mass is 210 g/mol. The van der Waals surface area contributed by atoms with Crippen molar-refractivity contribution in [1.82, 2.24) is 10.2 Å². The Morgan fingerprint density at radius 1 is 1.13 bits per heavy atom. The Morgan fingerprint density at radius 2 is 1.93 bits per heavy atom. The summed E-state index contributed by atoms with van der Waals surface area (Å²) in [6.07, 6.45) is 8.69. The summed E-state index contributed by atoms with van der Waals surface area (Å²) in [7, 11) is 0. The van der Waals surface area contributed by atoms with Crippen LogP contribution in [0.15, 0.2) is 0 Å². The molecule has 0 unspecified atom stereocenters. The average Bonchev–Trinajstić information content (AvgIpc) is 2.80. The normalized spacial score (nSPS) is 28.8. The quantitative estimate of drug-likeness (QED) is 0.765. The minimum Gasteiger partial charge on any atom is -0.316 e. The van der Waals surface area contributed by atoms with Gasteiger partial charge in [0.15, 0.2) is 0 Å². The molecular weight excluding hydrogens is 184 g/mol. The van der Waals surface area contributed by atoms with E-state index in [1.165, 1.54) is 64.7 Å². The van der Waals surface area contributed by atoms with E-state index in [-0.39, 0.29) is 0 Å². The molecule has 2 nitrogen and oxygen atoms in total. The highest BCUT2D eigenvalue weighted by Gasteiger charge is 2.23. The highest BCUT2D eigenvalue weighted by molar-refractivity contribution is 4.80. The van der Waals surface area contributed by atoms with Crippen molar-refractivity contribution >= 4 is 0 Å². The number of rotatable bonds is 4. The van der Waals surface area contributed by atoms with Crippen LogP contribution in [0.1, 0.15) is 45.4 Å². The molecule has 0 aromatic heterocycles. The first-order chi connectivity index (χ1) is 7.40. The lowest BCUT2D eigenvalue weighted by atomic mass is 9.93. The van der Waals surface area contributed by atoms with Crippen molar-refractivity contribution in [2.75, 3.05) is 26.2 Å². The Balaban J connectivity index is 1.79. The zero-order valence-electron chi connectivity index (χ0n) is 10.2. The molecule has 0 bridgehead atoms. The largest absolute Gasteiger partial charge is 0.316 e. The molecule has 0 radical (unpaired) electrons. The molecule has 1 aliphatic heterocycles. The van der Waals surface area contributed by atoms with E-state index < -0.39 is 0 Å². The van der Waals surface area contributed by atoms with E-state index in [0.29, 0.717) is 0 Å². The number of nitrogens with zero attached hydrogens (tertiary/aromatic N) is 1. The molecule has 0 aromatic rings. The van der Waals surface area contributed by atoms with E-state index in [0.717, 1.165) is 12.0 Å². The maximum absolute atomic E-state index is 3.48. The van der Waals surface area contributed by atoms with Crippen LogP contribution in [0.5, 0.6) is 0 Å². The van der Waals surface area contributed by atoms with Crippen LogP contribution in [0.25, 0.3) is 0 Å². The van der Waals surface area contributed by atoms with Crippen LogP contribution in [0.4, 0.5) is 0 Å². The topological polar surface area (TPSA) is 15.3 Å². The molecule has 15 heavy (non-hydrogen) atoms. The van der Waals surface area contributed by atoms with Gasteiger partial charge in [-0.05, 0) is 44.8 Å². The second kappa shape index (κ2) is 5.86. The number of hydrogen-bond acceptors (Lipinski definition) is 2. The van der Waals surface area contributed by atoms with Gasteiger partial charge < -0.3 is 10.2 Å². The average molecular weight is 210 g/mol. The molecule has 1 aliphatic carbocycles. The van der Waals surface area contributed by atoms with E-state index in [2.05, 4.69) is 17.1 Å². The van der Waals surface area contributed by atoms with Gasteiger partial charge in [0, 0.05) is 12.6 Å². The molecule has 2 fully saturated rings. The smallest absolute Gasteiger partial charge is 0.00952 e. The van der Waals surface area contributed by atoms with Crippen molar-refractivity contribution in [1.29, 1.82) is 0 Å². The molecule has 1 saturated carbocycles. The lowest BCUT2D eigenvalue weighted by Crippen LogP contribution is -2.40. The summed E-state index contributed by atoms with van der Waals surface area (Å²) in [5.41, 5.74) is 0. The molecule has 1 N–H and O–H groups in total. The fourth-order valence-electron chi connectivity index (χ4n) is 3.18. The molecule has 0 spiro atoms. The minimum atomic E-state index is 0.907. The lowest BCUT2D eigenvalue weighted by Gasteiger charge is -2.35. The lowest BCUT2D eigenvalue weighted by molar-refractivity contribution is 0.143. The predicted molar refractivity (Wildman–Crippen MR) is 65.1 cm³/mol. The van der Waals surface area contributed by atoms with Gasteiger partial charge in [-0.2, -0.15) is 0 Å². The van der Waals surface area contributed by atoms with Crippen molar-refractivity contribution in [3.63, 3.8) is 0 Å². The van der Waals surface area contributed by atoms with Gasteiger partial charge in [0.2, 0.25) is 0 Å². The van der Waals surface area contributed by atoms with Gasteiger partial charge in [0.1, 0.15) is 0 Å². The Hall–Kier alpha value is -0.0800. The van der Waals surface area contributed by atoms with E-state index >= 15 is 0 Å². The van der Waals surface area contributed by atoms with Gasteiger partial charge in [-0.3, -0.25) is 0 Å². The molecule has 0 amide bonds. The summed E-state index contributed by atoms with van der Waals surface area (Å²) < 4.78 is 0. The summed E-state index contributed by atoms with van der Waals surface area (Å²) in [6.45, 7) is 7.42. The number of hydrogen-bond donors (Lipinski definition) is 1. The van der Waals surface area contributed by atoms with Crippen LogP contribution in [0, 0.1) is 5.92 Å². The fraction of sp³-hybridized carbons (Fsp3) is 1.00. The first-order valence-electron chi connectivity index (χ1n) is 6.85. The summed E-state index contributed by atoms with van der Waals surface area (Å²) >= 11 is 0. The predicted octanol–water partition coefficient (Wildman–Crippen LogP) is 2.25. The Kier molecular flexibility index (Phi) is 4.45. The van der Waals surface area contributed by atoms with Crippen LogP contribution < -0.4 is 5.32 Å². The Labute approximate surface area is 94.4 Å². The van der Waals surface area contributed by atoms with E-state index in [4.69, 9.17) is 0 Å². The third-order valence-electron chi connectivity index (χ3n) is 4.15. The standard InChI is InChI=1S/C13H26N2/c1-2-15(11-12-8-9-14-10-12)13-6-4-3-5-7-13/h12-14H,2-11H2,1H3/t12-/m0/s1. The van der Waals surface area contributed by atoms with E-state index in [1.807, 2.05) is 0 Å². The third kappa shape index (κ3) is 3.18. The van der Waals surface area contributed by atoms with Gasteiger partial charge in [0.25, 0.3) is 0 Å². The van der Waals surface area contributed by atoms with Crippen LogP contribution in [-0.2, 0) is 0 Å². The molecule has 2 rings (SSSR count). The second-order valence-corrected chi connectivity index (χ2v) is 5.24. The van der Waals surface area contributed by atoms with Crippen molar-refractivity contribution in [3.05, 3.63) is 0 Å². The molecule has 1 saturated heterocycles. The van der Waals surface area contributed by atoms with Gasteiger partial charge >= 0.3 is 0 Å². The zero-order valence-corrected chi connectivity index (χ0v) is 10.2. The SMILES string of the molecule is CCN(C[C@H]1CCNC1)C1CCCCC1.